The highest BCUT2D eigenvalue weighted by Crippen LogP contribution is 2.68. The number of hydrogen-bond donors (Lipinski definition) is 2. The summed E-state index contributed by atoms with van der Waals surface area (Å²) in [5.74, 6) is 1.17. The summed E-state index contributed by atoms with van der Waals surface area (Å²) in [6.45, 7) is 7.03. The third-order valence-corrected chi connectivity index (χ3v) is 8.90. The quantitative estimate of drug-likeness (QED) is 0.701. The van der Waals surface area contributed by atoms with Crippen molar-refractivity contribution in [3.8, 4) is 0 Å². The van der Waals surface area contributed by atoms with Crippen molar-refractivity contribution < 1.29 is 10.2 Å². The van der Waals surface area contributed by atoms with Gasteiger partial charge in [0.05, 0.1) is 11.7 Å². The van der Waals surface area contributed by atoms with Crippen molar-refractivity contribution in [2.45, 2.75) is 90.3 Å². The van der Waals surface area contributed by atoms with Crippen LogP contribution in [0.1, 0.15) is 78.6 Å². The molecule has 7 atom stereocenters. The van der Waals surface area contributed by atoms with E-state index in [1.165, 1.54) is 31.3 Å². The number of hydrogen-bond acceptors (Lipinski definition) is 2. The fourth-order valence-electron chi connectivity index (χ4n) is 7.48. The van der Waals surface area contributed by atoms with Gasteiger partial charge in [0, 0.05) is 5.92 Å². The molecular formula is C21H34O2. The maximum Gasteiger partial charge on any atom is 0.0759 e. The van der Waals surface area contributed by atoms with Gasteiger partial charge in [-0.1, -0.05) is 38.8 Å². The number of aliphatic hydroxyl groups excluding tert-OH is 1. The number of allylic oxidation sites excluding steroid dienone is 1. The molecular weight excluding hydrogens is 284 g/mol. The smallest absolute Gasteiger partial charge is 0.0759 e. The van der Waals surface area contributed by atoms with Gasteiger partial charge in [0.15, 0.2) is 0 Å². The molecule has 0 radical (unpaired) electrons. The van der Waals surface area contributed by atoms with Crippen LogP contribution in [0.15, 0.2) is 11.6 Å². The van der Waals surface area contributed by atoms with E-state index in [4.69, 9.17) is 0 Å². The first-order valence-corrected chi connectivity index (χ1v) is 9.97. The zero-order valence-corrected chi connectivity index (χ0v) is 15.1. The minimum atomic E-state index is -0.651. The summed E-state index contributed by atoms with van der Waals surface area (Å²) in [6, 6.07) is 0. The Bertz CT molecular complexity index is 526. The molecule has 2 heteroatoms. The van der Waals surface area contributed by atoms with Gasteiger partial charge in [-0.3, -0.25) is 0 Å². The van der Waals surface area contributed by atoms with Crippen molar-refractivity contribution in [3.63, 3.8) is 0 Å². The van der Waals surface area contributed by atoms with E-state index in [2.05, 4.69) is 26.8 Å². The van der Waals surface area contributed by atoms with Gasteiger partial charge in [-0.2, -0.15) is 0 Å². The van der Waals surface area contributed by atoms with Gasteiger partial charge in [0.2, 0.25) is 0 Å². The van der Waals surface area contributed by atoms with Crippen LogP contribution in [-0.2, 0) is 0 Å². The van der Waals surface area contributed by atoms with E-state index in [1.807, 2.05) is 0 Å². The second-order valence-electron chi connectivity index (χ2n) is 9.47. The van der Waals surface area contributed by atoms with Crippen LogP contribution in [0.25, 0.3) is 0 Å². The molecule has 130 valence electrons. The van der Waals surface area contributed by atoms with Crippen molar-refractivity contribution in [3.05, 3.63) is 11.6 Å². The average molecular weight is 319 g/mol. The molecule has 3 saturated carbocycles. The Morgan fingerprint density at radius 1 is 1.17 bits per heavy atom. The average Bonchev–Trinajstić information content (AvgIpc) is 2.79. The molecule has 23 heavy (non-hydrogen) atoms. The number of aliphatic hydroxyl groups is 2. The van der Waals surface area contributed by atoms with E-state index in [1.54, 1.807) is 0 Å². The van der Waals surface area contributed by atoms with Crippen LogP contribution in [-0.4, -0.2) is 21.9 Å². The second-order valence-corrected chi connectivity index (χ2v) is 9.47. The van der Waals surface area contributed by atoms with Crippen molar-refractivity contribution in [1.82, 2.24) is 0 Å². The van der Waals surface area contributed by atoms with E-state index in [-0.39, 0.29) is 22.9 Å². The summed E-state index contributed by atoms with van der Waals surface area (Å²) in [6.07, 6.45) is 12.1. The molecule has 4 aliphatic carbocycles. The molecule has 3 fully saturated rings. The Labute approximate surface area is 141 Å². The highest BCUT2D eigenvalue weighted by Gasteiger charge is 2.67. The van der Waals surface area contributed by atoms with Gasteiger partial charge in [0.1, 0.15) is 0 Å². The summed E-state index contributed by atoms with van der Waals surface area (Å²) in [5.41, 5.74) is 1.08. The van der Waals surface area contributed by atoms with Crippen LogP contribution in [0.4, 0.5) is 0 Å². The van der Waals surface area contributed by atoms with Crippen LogP contribution < -0.4 is 0 Å². The predicted molar refractivity (Wildman–Crippen MR) is 93.0 cm³/mol. The Kier molecular flexibility index (Phi) is 3.57. The SMILES string of the molecule is CC[C@H]1CC[C@@]2(O)[C@@H]3[C@H](O)CC4=CCCC[C@]4(C)[C@H]3CC[C@]12C. The summed E-state index contributed by atoms with van der Waals surface area (Å²) in [7, 11) is 0. The molecule has 4 aliphatic rings. The van der Waals surface area contributed by atoms with E-state index < -0.39 is 5.60 Å². The van der Waals surface area contributed by atoms with Crippen LogP contribution in [0, 0.1) is 28.6 Å². The van der Waals surface area contributed by atoms with Gasteiger partial charge < -0.3 is 10.2 Å². The minimum absolute atomic E-state index is 0.0101. The van der Waals surface area contributed by atoms with E-state index >= 15 is 0 Å². The van der Waals surface area contributed by atoms with Crippen LogP contribution in [0.2, 0.25) is 0 Å². The van der Waals surface area contributed by atoms with E-state index in [9.17, 15) is 10.2 Å². The molecule has 2 N–H and O–H groups in total. The summed E-state index contributed by atoms with van der Waals surface area (Å²) in [5, 5.41) is 22.9. The minimum Gasteiger partial charge on any atom is -0.392 e. The van der Waals surface area contributed by atoms with E-state index in [0.717, 1.165) is 32.1 Å². The van der Waals surface area contributed by atoms with Gasteiger partial charge in [-0.15, -0.1) is 0 Å². The van der Waals surface area contributed by atoms with Gasteiger partial charge >= 0.3 is 0 Å². The molecule has 0 aromatic rings. The fourth-order valence-corrected chi connectivity index (χ4v) is 7.48. The Balaban J connectivity index is 1.77. The first kappa shape index (κ1) is 16.1. The molecule has 0 aliphatic heterocycles. The Morgan fingerprint density at radius 3 is 2.70 bits per heavy atom. The first-order valence-electron chi connectivity index (χ1n) is 9.97. The lowest BCUT2D eigenvalue weighted by atomic mass is 9.44. The summed E-state index contributed by atoms with van der Waals surface area (Å²) >= 11 is 0. The van der Waals surface area contributed by atoms with Crippen LogP contribution in [0.3, 0.4) is 0 Å². The third-order valence-electron chi connectivity index (χ3n) is 8.90. The van der Waals surface area contributed by atoms with Crippen LogP contribution in [0.5, 0.6) is 0 Å². The summed E-state index contributed by atoms with van der Waals surface area (Å²) in [4.78, 5) is 0. The maximum atomic E-state index is 11.9. The molecule has 0 saturated heterocycles. The predicted octanol–water partition coefficient (Wildman–Crippen LogP) is 4.45. The molecule has 0 amide bonds. The largest absolute Gasteiger partial charge is 0.392 e. The molecule has 2 nitrogen and oxygen atoms in total. The zero-order chi connectivity index (χ0) is 16.5. The summed E-state index contributed by atoms with van der Waals surface area (Å²) < 4.78 is 0. The maximum absolute atomic E-state index is 11.9. The molecule has 0 aromatic carbocycles. The first-order chi connectivity index (χ1) is 10.9. The molecule has 0 unspecified atom stereocenters. The second kappa shape index (κ2) is 5.08. The lowest BCUT2D eigenvalue weighted by molar-refractivity contribution is -0.213. The van der Waals surface area contributed by atoms with Crippen molar-refractivity contribution in [1.29, 1.82) is 0 Å². The van der Waals surface area contributed by atoms with Gasteiger partial charge in [-0.05, 0) is 74.0 Å². The van der Waals surface area contributed by atoms with Crippen LogP contribution >= 0.6 is 0 Å². The van der Waals surface area contributed by atoms with Gasteiger partial charge in [0.25, 0.3) is 0 Å². The normalized spacial score (nSPS) is 55.6. The fraction of sp³-hybridized carbons (Fsp3) is 0.905. The monoisotopic (exact) mass is 318 g/mol. The standard InChI is InChI=1S/C21H34O2/c1-4-14-8-12-21(23)18-16(9-11-20(14,21)3)19(2)10-6-5-7-15(19)13-17(18)22/h7,14,16-18,22-23H,4-6,8-13H2,1-3H3/t14-,16-,17+,18-,19-,20+,21+/m0/s1. The lowest BCUT2D eigenvalue weighted by Crippen LogP contribution is -2.64. The van der Waals surface area contributed by atoms with Gasteiger partial charge in [-0.25, -0.2) is 0 Å². The van der Waals surface area contributed by atoms with Crippen molar-refractivity contribution in [2.24, 2.45) is 28.6 Å². The Hall–Kier alpha value is -0.340. The lowest BCUT2D eigenvalue weighted by Gasteiger charge is -2.62. The Morgan fingerprint density at radius 2 is 1.96 bits per heavy atom. The van der Waals surface area contributed by atoms with E-state index in [0.29, 0.717) is 11.8 Å². The van der Waals surface area contributed by atoms with Crippen molar-refractivity contribution in [2.75, 3.05) is 0 Å². The molecule has 0 spiro atoms. The topological polar surface area (TPSA) is 40.5 Å². The molecule has 0 heterocycles. The third kappa shape index (κ3) is 1.88. The molecule has 0 bridgehead atoms. The highest BCUT2D eigenvalue weighted by molar-refractivity contribution is 5.28. The molecule has 0 aromatic heterocycles. The number of fused-ring (bicyclic) bond motifs is 5. The molecule has 4 rings (SSSR count). The highest BCUT2D eigenvalue weighted by atomic mass is 16.3. The zero-order valence-electron chi connectivity index (χ0n) is 15.1. The van der Waals surface area contributed by atoms with Crippen molar-refractivity contribution >= 4 is 0 Å². The number of rotatable bonds is 1.